The maximum Gasteiger partial charge on any atom is 0.286 e. The molecule has 23 heavy (non-hydrogen) atoms. The third-order valence-electron chi connectivity index (χ3n) is 3.42. The van der Waals surface area contributed by atoms with Crippen LogP contribution < -0.4 is 19.1 Å². The molecule has 2 amide bonds. The van der Waals surface area contributed by atoms with E-state index in [4.69, 9.17) is 14.2 Å². The summed E-state index contributed by atoms with van der Waals surface area (Å²) in [6.45, 7) is 0. The van der Waals surface area contributed by atoms with Gasteiger partial charge in [0.05, 0.1) is 27.0 Å². The van der Waals surface area contributed by atoms with Gasteiger partial charge < -0.3 is 14.2 Å². The second-order valence-corrected chi connectivity index (χ2v) is 4.58. The largest absolute Gasteiger partial charge is 0.493 e. The predicted octanol–water partition coefficient (Wildman–Crippen LogP) is 1.30. The molecule has 1 aromatic carbocycles. The number of ether oxygens (including phenoxy) is 3. The number of carbonyl (C=O) groups excluding carboxylic acids is 2. The van der Waals surface area contributed by atoms with E-state index in [-0.39, 0.29) is 17.1 Å². The summed E-state index contributed by atoms with van der Waals surface area (Å²) in [4.78, 5) is 33.7. The number of imide groups is 1. The van der Waals surface area contributed by atoms with Crippen molar-refractivity contribution in [3.8, 4) is 17.2 Å². The van der Waals surface area contributed by atoms with E-state index >= 15 is 0 Å². The zero-order valence-corrected chi connectivity index (χ0v) is 12.7. The minimum atomic E-state index is -0.549. The number of benzene rings is 1. The first-order chi connectivity index (χ1) is 11.1. The Labute approximate surface area is 131 Å². The summed E-state index contributed by atoms with van der Waals surface area (Å²) in [5.74, 6) is -0.0648. The number of hydrogen-bond acceptors (Lipinski definition) is 7. The van der Waals surface area contributed by atoms with Crippen molar-refractivity contribution in [2.45, 2.75) is 0 Å². The standard InChI is InChI=1S/C15H13N3O5/c1-21-9-6-8(7-10(22-2)13(9)23-3)18-14(19)11-12(15(18)20)17-5-4-16-11/h4-7H,1-3H3. The fourth-order valence-corrected chi connectivity index (χ4v) is 2.39. The molecule has 8 heteroatoms. The number of methoxy groups -OCH3 is 3. The Balaban J connectivity index is 2.13. The van der Waals surface area contributed by atoms with Gasteiger partial charge in [-0.3, -0.25) is 9.59 Å². The fourth-order valence-electron chi connectivity index (χ4n) is 2.39. The molecule has 1 aromatic heterocycles. The van der Waals surface area contributed by atoms with Gasteiger partial charge in [-0.15, -0.1) is 0 Å². The van der Waals surface area contributed by atoms with E-state index < -0.39 is 11.8 Å². The van der Waals surface area contributed by atoms with E-state index in [1.165, 1.54) is 45.9 Å². The SMILES string of the molecule is COc1cc(N2C(=O)c3nccnc3C2=O)cc(OC)c1OC. The van der Waals surface area contributed by atoms with Crippen molar-refractivity contribution in [3.05, 3.63) is 35.9 Å². The van der Waals surface area contributed by atoms with Crippen LogP contribution in [0.15, 0.2) is 24.5 Å². The van der Waals surface area contributed by atoms with Crippen LogP contribution in [0.25, 0.3) is 0 Å². The van der Waals surface area contributed by atoms with Gasteiger partial charge in [0.25, 0.3) is 11.8 Å². The van der Waals surface area contributed by atoms with Crippen LogP contribution in [0.4, 0.5) is 5.69 Å². The molecule has 8 nitrogen and oxygen atoms in total. The Morgan fingerprint density at radius 2 is 1.30 bits per heavy atom. The van der Waals surface area contributed by atoms with Crippen LogP contribution in [0.2, 0.25) is 0 Å². The summed E-state index contributed by atoms with van der Waals surface area (Å²) in [5, 5.41) is 0. The van der Waals surface area contributed by atoms with Crippen molar-refractivity contribution in [1.29, 1.82) is 0 Å². The van der Waals surface area contributed by atoms with Crippen molar-refractivity contribution in [1.82, 2.24) is 9.97 Å². The maximum absolute atomic E-state index is 12.5. The van der Waals surface area contributed by atoms with Crippen LogP contribution in [-0.4, -0.2) is 43.1 Å². The molecule has 0 fully saturated rings. The zero-order chi connectivity index (χ0) is 16.6. The first-order valence-corrected chi connectivity index (χ1v) is 6.62. The normalized spacial score (nSPS) is 13.1. The van der Waals surface area contributed by atoms with E-state index in [1.54, 1.807) is 0 Å². The molecule has 0 atom stereocenters. The number of aromatic nitrogens is 2. The van der Waals surface area contributed by atoms with Gasteiger partial charge in [-0.2, -0.15) is 0 Å². The molecule has 0 unspecified atom stereocenters. The van der Waals surface area contributed by atoms with E-state index in [9.17, 15) is 9.59 Å². The predicted molar refractivity (Wildman–Crippen MR) is 79.3 cm³/mol. The van der Waals surface area contributed by atoms with Crippen molar-refractivity contribution in [2.24, 2.45) is 0 Å². The first-order valence-electron chi connectivity index (χ1n) is 6.62. The van der Waals surface area contributed by atoms with E-state index in [2.05, 4.69) is 9.97 Å². The highest BCUT2D eigenvalue weighted by Crippen LogP contribution is 2.42. The molecule has 0 aliphatic carbocycles. The molecule has 0 N–H and O–H groups in total. The van der Waals surface area contributed by atoms with Crippen LogP contribution in [0.1, 0.15) is 21.0 Å². The summed E-state index contributed by atoms with van der Waals surface area (Å²) >= 11 is 0. The average molecular weight is 315 g/mol. The Morgan fingerprint density at radius 1 is 0.826 bits per heavy atom. The van der Waals surface area contributed by atoms with Crippen LogP contribution in [0, 0.1) is 0 Å². The summed E-state index contributed by atoms with van der Waals surface area (Å²) < 4.78 is 15.7. The van der Waals surface area contributed by atoms with Crippen molar-refractivity contribution < 1.29 is 23.8 Å². The lowest BCUT2D eigenvalue weighted by molar-refractivity contribution is 0.0923. The lowest BCUT2D eigenvalue weighted by Gasteiger charge is -2.18. The van der Waals surface area contributed by atoms with E-state index in [0.29, 0.717) is 17.2 Å². The molecule has 0 radical (unpaired) electrons. The van der Waals surface area contributed by atoms with Crippen molar-refractivity contribution >= 4 is 17.5 Å². The second-order valence-electron chi connectivity index (χ2n) is 4.58. The molecule has 0 saturated heterocycles. The molecular formula is C15H13N3O5. The van der Waals surface area contributed by atoms with Crippen LogP contribution in [0.5, 0.6) is 17.2 Å². The maximum atomic E-state index is 12.5. The molecule has 118 valence electrons. The number of hydrogen-bond donors (Lipinski definition) is 0. The summed E-state index contributed by atoms with van der Waals surface area (Å²) in [6.07, 6.45) is 2.73. The monoisotopic (exact) mass is 315 g/mol. The molecule has 0 bridgehead atoms. The van der Waals surface area contributed by atoms with E-state index in [1.807, 2.05) is 0 Å². The molecular weight excluding hydrogens is 302 g/mol. The number of anilines is 1. The molecule has 3 rings (SSSR count). The van der Waals surface area contributed by atoms with Gasteiger partial charge >= 0.3 is 0 Å². The van der Waals surface area contributed by atoms with Crippen LogP contribution in [0.3, 0.4) is 0 Å². The third-order valence-corrected chi connectivity index (χ3v) is 3.42. The fraction of sp³-hybridized carbons (Fsp3) is 0.200. The number of rotatable bonds is 4. The highest BCUT2D eigenvalue weighted by atomic mass is 16.5. The average Bonchev–Trinajstić information content (AvgIpc) is 2.85. The minimum Gasteiger partial charge on any atom is -0.493 e. The Morgan fingerprint density at radius 3 is 1.70 bits per heavy atom. The lowest BCUT2D eigenvalue weighted by atomic mass is 10.2. The summed E-state index contributed by atoms with van der Waals surface area (Å²) in [5.41, 5.74) is 0.326. The third kappa shape index (κ3) is 2.15. The second kappa shape index (κ2) is 5.56. The topological polar surface area (TPSA) is 90.9 Å². The molecule has 2 heterocycles. The van der Waals surface area contributed by atoms with Gasteiger partial charge in [0, 0.05) is 24.5 Å². The van der Waals surface area contributed by atoms with Gasteiger partial charge in [-0.1, -0.05) is 0 Å². The summed E-state index contributed by atoms with van der Waals surface area (Å²) in [6, 6.07) is 3.03. The van der Waals surface area contributed by atoms with Crippen molar-refractivity contribution in [2.75, 3.05) is 26.2 Å². The molecule has 2 aromatic rings. The number of amides is 2. The highest BCUT2D eigenvalue weighted by molar-refractivity contribution is 6.33. The smallest absolute Gasteiger partial charge is 0.286 e. The Hall–Kier alpha value is -3.16. The first kappa shape index (κ1) is 14.8. The number of fused-ring (bicyclic) bond motifs is 1. The van der Waals surface area contributed by atoms with Gasteiger partial charge in [-0.05, 0) is 0 Å². The lowest BCUT2D eigenvalue weighted by Crippen LogP contribution is -2.29. The Kier molecular flexibility index (Phi) is 3.57. The molecule has 1 aliphatic rings. The van der Waals surface area contributed by atoms with Crippen molar-refractivity contribution in [3.63, 3.8) is 0 Å². The molecule has 0 saturated carbocycles. The number of nitrogens with zero attached hydrogens (tertiary/aromatic N) is 3. The minimum absolute atomic E-state index is 0.0197. The zero-order valence-electron chi connectivity index (χ0n) is 12.7. The van der Waals surface area contributed by atoms with Gasteiger partial charge in [0.15, 0.2) is 22.9 Å². The molecule has 0 spiro atoms. The Bertz CT molecular complexity index is 745. The van der Waals surface area contributed by atoms with Gasteiger partial charge in [0.1, 0.15) is 0 Å². The number of carbonyl (C=O) groups is 2. The van der Waals surface area contributed by atoms with E-state index in [0.717, 1.165) is 4.90 Å². The van der Waals surface area contributed by atoms with Gasteiger partial charge in [-0.25, -0.2) is 14.9 Å². The summed E-state index contributed by atoms with van der Waals surface area (Å²) in [7, 11) is 4.37. The van der Waals surface area contributed by atoms with Gasteiger partial charge in [0.2, 0.25) is 5.75 Å². The van der Waals surface area contributed by atoms with Crippen LogP contribution >= 0.6 is 0 Å². The highest BCUT2D eigenvalue weighted by Gasteiger charge is 2.40. The molecule has 1 aliphatic heterocycles. The quantitative estimate of drug-likeness (QED) is 0.785. The van der Waals surface area contributed by atoms with Crippen LogP contribution in [-0.2, 0) is 0 Å².